The summed E-state index contributed by atoms with van der Waals surface area (Å²) in [5.41, 5.74) is 3.75. The van der Waals surface area contributed by atoms with E-state index in [1.54, 1.807) is 0 Å². The molecular formula is C14H16N4O2. The quantitative estimate of drug-likeness (QED) is 0.762. The fraction of sp³-hybridized carbons (Fsp3) is 0.286. The minimum Gasteiger partial charge on any atom is -0.346 e. The van der Waals surface area contributed by atoms with Crippen molar-refractivity contribution in [3.63, 3.8) is 0 Å². The lowest BCUT2D eigenvalue weighted by Crippen LogP contribution is -2.37. The van der Waals surface area contributed by atoms with Crippen LogP contribution < -0.4 is 21.5 Å². The molecule has 0 saturated carbocycles. The van der Waals surface area contributed by atoms with Gasteiger partial charge in [0.05, 0.1) is 11.4 Å². The molecule has 1 aliphatic heterocycles. The number of H-pyrrole nitrogens is 1. The van der Waals surface area contributed by atoms with Crippen molar-refractivity contribution in [3.05, 3.63) is 44.1 Å². The largest absolute Gasteiger partial charge is 0.346 e. The number of benzene rings is 1. The molecule has 0 spiro atoms. The Kier molecular flexibility index (Phi) is 2.50. The summed E-state index contributed by atoms with van der Waals surface area (Å²) in [5, 5.41) is 3.13. The van der Waals surface area contributed by atoms with E-state index in [0.29, 0.717) is 11.5 Å². The summed E-state index contributed by atoms with van der Waals surface area (Å²) in [5.74, 6) is 0.494. The Labute approximate surface area is 115 Å². The second-order valence-electron chi connectivity index (χ2n) is 5.16. The van der Waals surface area contributed by atoms with Crippen LogP contribution in [0.25, 0.3) is 0 Å². The van der Waals surface area contributed by atoms with Crippen LogP contribution in [0.1, 0.15) is 11.1 Å². The average molecular weight is 272 g/mol. The molecule has 0 aliphatic carbocycles. The molecule has 6 nitrogen and oxygen atoms in total. The molecule has 1 aromatic carbocycles. The van der Waals surface area contributed by atoms with Gasteiger partial charge in [0.1, 0.15) is 11.5 Å². The van der Waals surface area contributed by atoms with Crippen molar-refractivity contribution in [3.8, 4) is 0 Å². The molecule has 2 aromatic rings. The van der Waals surface area contributed by atoms with Crippen LogP contribution in [0.3, 0.4) is 0 Å². The highest BCUT2D eigenvalue weighted by molar-refractivity contribution is 5.89. The molecule has 2 heterocycles. The molecule has 0 radical (unpaired) electrons. The van der Waals surface area contributed by atoms with Crippen molar-refractivity contribution in [2.24, 2.45) is 7.05 Å². The minimum absolute atomic E-state index is 0.334. The zero-order valence-corrected chi connectivity index (χ0v) is 11.9. The predicted octanol–water partition coefficient (Wildman–Crippen LogP) is 1.52. The van der Waals surface area contributed by atoms with Gasteiger partial charge in [-0.1, -0.05) is 0 Å². The summed E-state index contributed by atoms with van der Waals surface area (Å²) in [6.07, 6.45) is 0. The molecule has 0 fully saturated rings. The smallest absolute Gasteiger partial charge is 0.329 e. The first kappa shape index (κ1) is 12.5. The van der Waals surface area contributed by atoms with Crippen LogP contribution in [0.15, 0.2) is 21.7 Å². The topological polar surface area (TPSA) is 70.1 Å². The van der Waals surface area contributed by atoms with Gasteiger partial charge in [-0.15, -0.1) is 0 Å². The molecule has 0 atom stereocenters. The van der Waals surface area contributed by atoms with E-state index in [2.05, 4.69) is 10.3 Å². The maximum Gasteiger partial charge on any atom is 0.329 e. The fourth-order valence-corrected chi connectivity index (χ4v) is 2.41. The van der Waals surface area contributed by atoms with E-state index in [-0.39, 0.29) is 5.56 Å². The first-order valence-corrected chi connectivity index (χ1v) is 6.35. The summed E-state index contributed by atoms with van der Waals surface area (Å²) in [6, 6.07) is 4.05. The van der Waals surface area contributed by atoms with Crippen LogP contribution in [-0.4, -0.2) is 16.6 Å². The van der Waals surface area contributed by atoms with Crippen molar-refractivity contribution in [1.29, 1.82) is 0 Å². The van der Waals surface area contributed by atoms with Crippen LogP contribution in [0.5, 0.6) is 0 Å². The molecule has 0 amide bonds. The SMILES string of the molecule is Cc1cc2c(cc1C)N(C)c1[nH]c(=O)n(C)c(=O)c1N2. The van der Waals surface area contributed by atoms with Gasteiger partial charge in [-0.25, -0.2) is 4.79 Å². The van der Waals surface area contributed by atoms with E-state index < -0.39 is 5.69 Å². The second-order valence-corrected chi connectivity index (χ2v) is 5.16. The zero-order valence-electron chi connectivity index (χ0n) is 11.9. The van der Waals surface area contributed by atoms with Crippen molar-refractivity contribution in [1.82, 2.24) is 9.55 Å². The lowest BCUT2D eigenvalue weighted by Gasteiger charge is -2.30. The molecule has 6 heteroatoms. The van der Waals surface area contributed by atoms with Gasteiger partial charge >= 0.3 is 5.69 Å². The molecule has 1 aromatic heterocycles. The van der Waals surface area contributed by atoms with Crippen LogP contribution in [0.2, 0.25) is 0 Å². The van der Waals surface area contributed by atoms with E-state index in [4.69, 9.17) is 0 Å². The van der Waals surface area contributed by atoms with Gasteiger partial charge in [0.15, 0.2) is 0 Å². The standard InChI is InChI=1S/C14H16N4O2/c1-7-5-9-10(6-8(7)2)17(3)12-11(15-9)13(19)18(4)14(20)16-12/h5-6,15H,1-4H3,(H,16,20). The Balaban J connectivity index is 2.30. The molecule has 0 saturated heterocycles. The van der Waals surface area contributed by atoms with Gasteiger partial charge < -0.3 is 10.2 Å². The van der Waals surface area contributed by atoms with Crippen LogP contribution in [0, 0.1) is 13.8 Å². The van der Waals surface area contributed by atoms with Gasteiger partial charge in [-0.2, -0.15) is 0 Å². The Hall–Kier alpha value is -2.50. The highest BCUT2D eigenvalue weighted by Gasteiger charge is 2.24. The van der Waals surface area contributed by atoms with E-state index in [1.807, 2.05) is 37.9 Å². The number of hydrogen-bond acceptors (Lipinski definition) is 4. The number of rotatable bonds is 0. The van der Waals surface area contributed by atoms with Crippen LogP contribution >= 0.6 is 0 Å². The van der Waals surface area contributed by atoms with Crippen molar-refractivity contribution in [2.45, 2.75) is 13.8 Å². The molecule has 104 valence electrons. The van der Waals surface area contributed by atoms with E-state index in [0.717, 1.165) is 27.1 Å². The number of anilines is 4. The van der Waals surface area contributed by atoms with Crippen molar-refractivity contribution < 1.29 is 0 Å². The summed E-state index contributed by atoms with van der Waals surface area (Å²) in [7, 11) is 3.29. The lowest BCUT2D eigenvalue weighted by atomic mass is 10.1. The monoisotopic (exact) mass is 272 g/mol. The Morgan fingerprint density at radius 2 is 1.70 bits per heavy atom. The van der Waals surface area contributed by atoms with E-state index in [1.165, 1.54) is 7.05 Å². The summed E-state index contributed by atoms with van der Waals surface area (Å²) >= 11 is 0. The lowest BCUT2D eigenvalue weighted by molar-refractivity contribution is 0.774. The van der Waals surface area contributed by atoms with Gasteiger partial charge in [-0.3, -0.25) is 14.3 Å². The third-order valence-corrected chi connectivity index (χ3v) is 3.85. The number of aromatic amines is 1. The number of nitrogens with zero attached hydrogens (tertiary/aromatic N) is 2. The Bertz CT molecular complexity index is 832. The first-order chi connectivity index (χ1) is 9.40. The van der Waals surface area contributed by atoms with Crippen molar-refractivity contribution in [2.75, 3.05) is 17.3 Å². The van der Waals surface area contributed by atoms with Gasteiger partial charge in [0.2, 0.25) is 0 Å². The molecule has 2 N–H and O–H groups in total. The molecule has 0 unspecified atom stereocenters. The average Bonchev–Trinajstić information content (AvgIpc) is 2.41. The maximum atomic E-state index is 12.2. The number of nitrogens with one attached hydrogen (secondary N) is 2. The highest BCUT2D eigenvalue weighted by Crippen LogP contribution is 2.40. The number of aryl methyl sites for hydroxylation is 2. The number of aromatic nitrogens is 2. The van der Waals surface area contributed by atoms with Crippen LogP contribution in [0.4, 0.5) is 22.9 Å². The van der Waals surface area contributed by atoms with Crippen LogP contribution in [-0.2, 0) is 7.05 Å². The van der Waals surface area contributed by atoms with E-state index >= 15 is 0 Å². The maximum absolute atomic E-state index is 12.2. The molecule has 3 rings (SSSR count). The van der Waals surface area contributed by atoms with Crippen molar-refractivity contribution >= 4 is 22.9 Å². The first-order valence-electron chi connectivity index (χ1n) is 6.35. The Morgan fingerprint density at radius 3 is 2.40 bits per heavy atom. The summed E-state index contributed by atoms with van der Waals surface area (Å²) in [6.45, 7) is 4.06. The number of fused-ring (bicyclic) bond motifs is 2. The summed E-state index contributed by atoms with van der Waals surface area (Å²) < 4.78 is 1.06. The second kappa shape index (κ2) is 4.00. The molecule has 1 aliphatic rings. The zero-order chi connectivity index (χ0) is 14.6. The highest BCUT2D eigenvalue weighted by atomic mass is 16.2. The summed E-state index contributed by atoms with van der Waals surface area (Å²) in [4.78, 5) is 28.5. The third kappa shape index (κ3) is 1.57. The van der Waals surface area contributed by atoms with Gasteiger partial charge in [-0.05, 0) is 37.1 Å². The van der Waals surface area contributed by atoms with E-state index in [9.17, 15) is 9.59 Å². The minimum atomic E-state index is -0.422. The molecule has 20 heavy (non-hydrogen) atoms. The molecule has 0 bridgehead atoms. The van der Waals surface area contributed by atoms with Gasteiger partial charge in [0.25, 0.3) is 5.56 Å². The van der Waals surface area contributed by atoms with Gasteiger partial charge in [0, 0.05) is 14.1 Å². The fourth-order valence-electron chi connectivity index (χ4n) is 2.41. The normalized spacial score (nSPS) is 12.7. The third-order valence-electron chi connectivity index (χ3n) is 3.85. The predicted molar refractivity (Wildman–Crippen MR) is 79.6 cm³/mol. The molecular weight excluding hydrogens is 256 g/mol. The number of hydrogen-bond donors (Lipinski definition) is 2. The Morgan fingerprint density at radius 1 is 1.05 bits per heavy atom.